The molecular formula is C19H14ClN3O5S. The van der Waals surface area contributed by atoms with Crippen molar-refractivity contribution in [3.8, 4) is 0 Å². The minimum absolute atomic E-state index is 0.141. The number of rotatable bonds is 6. The standard InChI is InChI=1S/C19H14ClN3O5S/c1-12(24)22(15-6-4-5-13(20)9-15)19-21-14(11-29-19)10-28-18(25)16-7-2-3-8-17(16)23(26)27/h2-9,11H,10H2,1H3. The van der Waals surface area contributed by atoms with Crippen LogP contribution in [0.15, 0.2) is 53.9 Å². The molecule has 1 aromatic heterocycles. The number of nitro groups is 1. The van der Waals surface area contributed by atoms with Gasteiger partial charge in [0.05, 0.1) is 16.3 Å². The van der Waals surface area contributed by atoms with Gasteiger partial charge >= 0.3 is 5.97 Å². The van der Waals surface area contributed by atoms with Gasteiger partial charge in [0.2, 0.25) is 5.91 Å². The molecule has 3 aromatic rings. The van der Waals surface area contributed by atoms with Crippen molar-refractivity contribution >= 4 is 51.3 Å². The number of benzene rings is 2. The Bertz CT molecular complexity index is 1080. The first-order chi connectivity index (χ1) is 13.9. The summed E-state index contributed by atoms with van der Waals surface area (Å²) in [5.41, 5.74) is 0.491. The van der Waals surface area contributed by atoms with Crippen LogP contribution in [-0.4, -0.2) is 21.8 Å². The molecule has 3 rings (SSSR count). The Morgan fingerprint density at radius 2 is 2.00 bits per heavy atom. The van der Waals surface area contributed by atoms with Crippen molar-refractivity contribution in [3.05, 3.63) is 80.3 Å². The molecule has 0 saturated heterocycles. The minimum Gasteiger partial charge on any atom is -0.455 e. The van der Waals surface area contributed by atoms with Gasteiger partial charge in [-0.3, -0.25) is 19.8 Å². The molecule has 2 aromatic carbocycles. The Morgan fingerprint density at radius 3 is 2.69 bits per heavy atom. The van der Waals surface area contributed by atoms with Crippen molar-refractivity contribution in [2.75, 3.05) is 4.90 Å². The summed E-state index contributed by atoms with van der Waals surface area (Å²) in [7, 11) is 0. The van der Waals surface area contributed by atoms with E-state index in [1.807, 2.05) is 0 Å². The summed E-state index contributed by atoms with van der Waals surface area (Å²) in [6.07, 6.45) is 0. The van der Waals surface area contributed by atoms with Gasteiger partial charge in [-0.2, -0.15) is 0 Å². The van der Waals surface area contributed by atoms with Crippen LogP contribution in [0.2, 0.25) is 5.02 Å². The van der Waals surface area contributed by atoms with Gasteiger partial charge in [-0.15, -0.1) is 11.3 Å². The summed E-state index contributed by atoms with van der Waals surface area (Å²) in [4.78, 5) is 40.5. The van der Waals surface area contributed by atoms with Crippen molar-refractivity contribution < 1.29 is 19.2 Å². The van der Waals surface area contributed by atoms with E-state index in [-0.39, 0.29) is 23.8 Å². The number of anilines is 2. The van der Waals surface area contributed by atoms with E-state index < -0.39 is 10.9 Å². The molecule has 0 bridgehead atoms. The van der Waals surface area contributed by atoms with Gasteiger partial charge in [-0.25, -0.2) is 9.78 Å². The monoisotopic (exact) mass is 431 g/mol. The van der Waals surface area contributed by atoms with Gasteiger partial charge < -0.3 is 4.74 Å². The predicted molar refractivity (Wildman–Crippen MR) is 109 cm³/mol. The van der Waals surface area contributed by atoms with Gasteiger partial charge in [0, 0.05) is 23.4 Å². The number of nitrogens with zero attached hydrogens (tertiary/aromatic N) is 3. The molecule has 0 radical (unpaired) electrons. The van der Waals surface area contributed by atoms with Gasteiger partial charge in [0.15, 0.2) is 5.13 Å². The molecule has 0 fully saturated rings. The number of esters is 1. The van der Waals surface area contributed by atoms with Crippen molar-refractivity contribution in [2.45, 2.75) is 13.5 Å². The highest BCUT2D eigenvalue weighted by molar-refractivity contribution is 7.14. The first-order valence-corrected chi connectivity index (χ1v) is 9.54. The van der Waals surface area contributed by atoms with Crippen LogP contribution < -0.4 is 4.90 Å². The van der Waals surface area contributed by atoms with Gasteiger partial charge in [-0.1, -0.05) is 29.8 Å². The number of carbonyl (C=O) groups is 2. The summed E-state index contributed by atoms with van der Waals surface area (Å²) in [6, 6.07) is 12.3. The van der Waals surface area contributed by atoms with Gasteiger partial charge in [0.25, 0.3) is 5.69 Å². The third-order valence-electron chi connectivity index (χ3n) is 3.78. The molecule has 0 N–H and O–H groups in total. The highest BCUT2D eigenvalue weighted by atomic mass is 35.5. The topological polar surface area (TPSA) is 103 Å². The molecule has 0 unspecified atom stereocenters. The molecule has 0 aliphatic rings. The Balaban J connectivity index is 1.76. The fraction of sp³-hybridized carbons (Fsp3) is 0.105. The van der Waals surface area contributed by atoms with E-state index in [1.165, 1.54) is 47.4 Å². The molecule has 1 heterocycles. The van der Waals surface area contributed by atoms with Crippen molar-refractivity contribution in [1.29, 1.82) is 0 Å². The molecule has 10 heteroatoms. The number of nitro benzene ring substituents is 1. The van der Waals surface area contributed by atoms with E-state index in [4.69, 9.17) is 16.3 Å². The number of hydrogen-bond acceptors (Lipinski definition) is 7. The second kappa shape index (κ2) is 8.80. The summed E-state index contributed by atoms with van der Waals surface area (Å²) < 4.78 is 5.16. The van der Waals surface area contributed by atoms with Crippen LogP contribution in [0.1, 0.15) is 23.0 Å². The first-order valence-electron chi connectivity index (χ1n) is 8.28. The lowest BCUT2D eigenvalue weighted by atomic mass is 10.2. The predicted octanol–water partition coefficient (Wildman–Crippen LogP) is 4.75. The number of para-hydroxylation sites is 1. The van der Waals surface area contributed by atoms with Crippen LogP contribution in [-0.2, 0) is 16.1 Å². The lowest BCUT2D eigenvalue weighted by molar-refractivity contribution is -0.385. The Kier molecular flexibility index (Phi) is 6.20. The van der Waals surface area contributed by atoms with Gasteiger partial charge in [0.1, 0.15) is 12.2 Å². The summed E-state index contributed by atoms with van der Waals surface area (Å²) in [5.74, 6) is -1.09. The van der Waals surface area contributed by atoms with E-state index in [2.05, 4.69) is 4.98 Å². The van der Waals surface area contributed by atoms with E-state index in [0.29, 0.717) is 21.5 Å². The number of halogens is 1. The molecule has 148 valence electrons. The smallest absolute Gasteiger partial charge is 0.345 e. The van der Waals surface area contributed by atoms with E-state index >= 15 is 0 Å². The third kappa shape index (κ3) is 4.76. The molecule has 1 amide bonds. The lowest BCUT2D eigenvalue weighted by Gasteiger charge is -2.18. The number of ether oxygens (including phenoxy) is 1. The molecule has 0 atom stereocenters. The van der Waals surface area contributed by atoms with Crippen molar-refractivity contribution in [3.63, 3.8) is 0 Å². The Hall–Kier alpha value is -3.30. The fourth-order valence-electron chi connectivity index (χ4n) is 2.53. The first kappa shape index (κ1) is 20.4. The second-order valence-electron chi connectivity index (χ2n) is 5.81. The van der Waals surface area contributed by atoms with Crippen molar-refractivity contribution in [2.24, 2.45) is 0 Å². The molecule has 8 nitrogen and oxygen atoms in total. The number of carbonyl (C=O) groups excluding carboxylic acids is 2. The average molecular weight is 432 g/mol. The van der Waals surface area contributed by atoms with E-state index in [0.717, 1.165) is 0 Å². The van der Waals surface area contributed by atoms with Crippen LogP contribution in [0, 0.1) is 10.1 Å². The quantitative estimate of drug-likeness (QED) is 0.317. The maximum Gasteiger partial charge on any atom is 0.345 e. The number of amides is 1. The number of aromatic nitrogens is 1. The lowest BCUT2D eigenvalue weighted by Crippen LogP contribution is -2.22. The molecule has 0 saturated carbocycles. The molecular weight excluding hydrogens is 418 g/mol. The maximum absolute atomic E-state index is 12.2. The average Bonchev–Trinajstić information content (AvgIpc) is 3.14. The SMILES string of the molecule is CC(=O)N(c1cccc(Cl)c1)c1nc(COC(=O)c2ccccc2[N+](=O)[O-])cs1. The Morgan fingerprint density at radius 1 is 1.24 bits per heavy atom. The van der Waals surface area contributed by atoms with Gasteiger partial charge in [-0.05, 0) is 24.3 Å². The number of hydrogen-bond donors (Lipinski definition) is 0. The zero-order valence-corrected chi connectivity index (χ0v) is 16.6. The summed E-state index contributed by atoms with van der Waals surface area (Å²) in [5, 5.41) is 13.5. The third-order valence-corrected chi connectivity index (χ3v) is 4.89. The Labute approximate surface area is 174 Å². The fourth-order valence-corrected chi connectivity index (χ4v) is 3.59. The van der Waals surface area contributed by atoms with Crippen LogP contribution >= 0.6 is 22.9 Å². The highest BCUT2D eigenvalue weighted by Crippen LogP contribution is 2.30. The molecule has 0 aliphatic carbocycles. The van der Waals surface area contributed by atoms with Crippen molar-refractivity contribution in [1.82, 2.24) is 4.98 Å². The minimum atomic E-state index is -0.829. The van der Waals surface area contributed by atoms with Crippen LogP contribution in [0.25, 0.3) is 0 Å². The molecule has 0 aliphatic heterocycles. The van der Waals surface area contributed by atoms with E-state index in [9.17, 15) is 19.7 Å². The summed E-state index contributed by atoms with van der Waals surface area (Å²) >= 11 is 7.20. The molecule has 0 spiro atoms. The van der Waals surface area contributed by atoms with Crippen LogP contribution in [0.3, 0.4) is 0 Å². The van der Waals surface area contributed by atoms with Crippen LogP contribution in [0.4, 0.5) is 16.5 Å². The normalized spacial score (nSPS) is 10.4. The zero-order valence-electron chi connectivity index (χ0n) is 15.1. The van der Waals surface area contributed by atoms with Crippen LogP contribution in [0.5, 0.6) is 0 Å². The summed E-state index contributed by atoms with van der Waals surface area (Å²) in [6.45, 7) is 1.21. The number of thiazole rings is 1. The second-order valence-corrected chi connectivity index (χ2v) is 7.08. The maximum atomic E-state index is 12.2. The zero-order chi connectivity index (χ0) is 21.0. The molecule has 29 heavy (non-hydrogen) atoms. The largest absolute Gasteiger partial charge is 0.455 e. The highest BCUT2D eigenvalue weighted by Gasteiger charge is 2.22. The van der Waals surface area contributed by atoms with E-state index in [1.54, 1.807) is 29.6 Å².